The Morgan fingerprint density at radius 1 is 0.660 bits per heavy atom. The molecule has 5 rings (SSSR count). The fourth-order valence-electron chi connectivity index (χ4n) is 4.80. The average Bonchev–Trinajstić information content (AvgIpc) is 3.43. The van der Waals surface area contributed by atoms with Crippen LogP contribution >= 0.6 is 0 Å². The largest absolute Gasteiger partial charge is 0.459 e. The fraction of sp³-hybridized carbons (Fsp3) is 0.167. The van der Waals surface area contributed by atoms with Crippen molar-refractivity contribution in [2.75, 3.05) is 12.0 Å². The van der Waals surface area contributed by atoms with Crippen LogP contribution in [0.25, 0.3) is 0 Å². The molecular formula is C36H29N3O8. The lowest BCUT2D eigenvalue weighted by atomic mass is 10.0. The summed E-state index contributed by atoms with van der Waals surface area (Å²) in [5.41, 5.74) is 3.46. The van der Waals surface area contributed by atoms with Crippen LogP contribution in [-0.2, 0) is 23.7 Å². The van der Waals surface area contributed by atoms with Gasteiger partial charge in [0.2, 0.25) is 5.71 Å². The molecule has 1 heterocycles. The molecule has 4 aromatic carbocycles. The number of para-hydroxylation sites is 1. The Morgan fingerprint density at radius 2 is 1.11 bits per heavy atom. The minimum Gasteiger partial charge on any atom is -0.459 e. The summed E-state index contributed by atoms with van der Waals surface area (Å²) in [4.78, 5) is 52.7. The molecule has 1 aliphatic rings. The number of carbonyl (C=O) groups excluding carboxylic acids is 4. The first-order valence-electron chi connectivity index (χ1n) is 14.6. The van der Waals surface area contributed by atoms with Crippen LogP contribution in [0.1, 0.15) is 37.5 Å². The molecule has 1 saturated heterocycles. The summed E-state index contributed by atoms with van der Waals surface area (Å²) in [6, 6.07) is 35.0. The number of carbonyl (C=O) groups is 4. The van der Waals surface area contributed by atoms with Crippen LogP contribution in [0, 0.1) is 11.3 Å². The van der Waals surface area contributed by atoms with Gasteiger partial charge >= 0.3 is 17.9 Å². The zero-order valence-electron chi connectivity index (χ0n) is 24.9. The zero-order valence-corrected chi connectivity index (χ0v) is 24.9. The average molecular weight is 632 g/mol. The SMILES string of the molecule is N#C/C(=N\Nc1ccccc1)C(=O)C[C@H]1O[C@H](COC(=O)c2ccccc2)[C@@H](OC(=O)c2ccccc2)[C@H]1OC(=O)c1ccccc1. The highest BCUT2D eigenvalue weighted by Gasteiger charge is 2.51. The van der Waals surface area contributed by atoms with Gasteiger partial charge in [-0.25, -0.2) is 14.4 Å². The van der Waals surface area contributed by atoms with Gasteiger partial charge < -0.3 is 18.9 Å². The highest BCUT2D eigenvalue weighted by molar-refractivity contribution is 6.46. The first kappa shape index (κ1) is 32.3. The summed E-state index contributed by atoms with van der Waals surface area (Å²) < 4.78 is 23.3. The molecule has 1 N–H and O–H groups in total. The van der Waals surface area contributed by atoms with Gasteiger partial charge in [0.25, 0.3) is 0 Å². The predicted octanol–water partition coefficient (Wildman–Crippen LogP) is 5.01. The molecular weight excluding hydrogens is 602 g/mol. The lowest BCUT2D eigenvalue weighted by molar-refractivity contribution is -0.117. The van der Waals surface area contributed by atoms with Gasteiger partial charge in [0.15, 0.2) is 18.0 Å². The van der Waals surface area contributed by atoms with Gasteiger partial charge in [-0.3, -0.25) is 10.2 Å². The Labute approximate surface area is 270 Å². The number of hydrazone groups is 1. The van der Waals surface area contributed by atoms with Crippen molar-refractivity contribution in [3.63, 3.8) is 0 Å². The van der Waals surface area contributed by atoms with Gasteiger partial charge in [0.1, 0.15) is 24.9 Å². The molecule has 1 fully saturated rings. The molecule has 0 unspecified atom stereocenters. The normalized spacial score (nSPS) is 18.7. The molecule has 4 atom stereocenters. The number of rotatable bonds is 12. The Bertz CT molecular complexity index is 1760. The minimum absolute atomic E-state index is 0.205. The maximum absolute atomic E-state index is 13.4. The first-order chi connectivity index (χ1) is 22.9. The lowest BCUT2D eigenvalue weighted by Gasteiger charge is -2.24. The van der Waals surface area contributed by atoms with E-state index in [0.717, 1.165) is 0 Å². The number of hydrogen-bond donors (Lipinski definition) is 1. The van der Waals surface area contributed by atoms with E-state index in [1.165, 1.54) is 12.1 Å². The molecule has 1 aliphatic heterocycles. The monoisotopic (exact) mass is 631 g/mol. The third kappa shape index (κ3) is 8.54. The number of Topliss-reactive ketones (excluding diaryl/α,β-unsaturated/α-hetero) is 1. The summed E-state index contributed by atoms with van der Waals surface area (Å²) >= 11 is 0. The molecule has 0 bridgehead atoms. The molecule has 0 aromatic heterocycles. The Morgan fingerprint density at radius 3 is 1.60 bits per heavy atom. The van der Waals surface area contributed by atoms with E-state index in [0.29, 0.717) is 5.69 Å². The second-order valence-electron chi connectivity index (χ2n) is 10.3. The smallest absolute Gasteiger partial charge is 0.338 e. The molecule has 236 valence electrons. The summed E-state index contributed by atoms with van der Waals surface area (Å²) in [6.45, 7) is -0.403. The van der Waals surface area contributed by atoms with Crippen LogP contribution < -0.4 is 5.43 Å². The molecule has 47 heavy (non-hydrogen) atoms. The van der Waals surface area contributed by atoms with Crippen molar-refractivity contribution in [2.24, 2.45) is 5.10 Å². The topological polar surface area (TPSA) is 153 Å². The summed E-state index contributed by atoms with van der Waals surface area (Å²) in [7, 11) is 0. The van der Waals surface area contributed by atoms with E-state index in [2.05, 4.69) is 10.5 Å². The molecule has 0 radical (unpaired) electrons. The van der Waals surface area contributed by atoms with Crippen LogP contribution in [0.5, 0.6) is 0 Å². The Hall–Kier alpha value is -6.12. The van der Waals surface area contributed by atoms with E-state index < -0.39 is 66.8 Å². The van der Waals surface area contributed by atoms with Gasteiger partial charge in [-0.05, 0) is 48.5 Å². The third-order valence-corrected chi connectivity index (χ3v) is 7.13. The Balaban J connectivity index is 1.43. The van der Waals surface area contributed by atoms with Crippen LogP contribution in [0.2, 0.25) is 0 Å². The molecule has 0 amide bonds. The quantitative estimate of drug-likeness (QED) is 0.0977. The van der Waals surface area contributed by atoms with E-state index in [-0.39, 0.29) is 16.7 Å². The standard InChI is InChI=1S/C36H29N3O8/c37-22-28(39-38-27-19-11-4-12-20-27)29(40)21-30-32(46-35(42)25-15-7-2-8-16-25)33(47-36(43)26-17-9-3-10-18-26)31(45-30)23-44-34(41)24-13-5-1-6-14-24/h1-20,30-33,38H,21,23H2/b39-28+/t30-,31-,32+,33-/m1/s1. The van der Waals surface area contributed by atoms with E-state index in [1.807, 2.05) is 0 Å². The van der Waals surface area contributed by atoms with Crippen molar-refractivity contribution in [3.05, 3.63) is 138 Å². The van der Waals surface area contributed by atoms with E-state index >= 15 is 0 Å². The number of hydrogen-bond acceptors (Lipinski definition) is 11. The highest BCUT2D eigenvalue weighted by atomic mass is 16.6. The number of ether oxygens (including phenoxy) is 4. The number of esters is 3. The van der Waals surface area contributed by atoms with Gasteiger partial charge in [0, 0.05) is 6.42 Å². The van der Waals surface area contributed by atoms with Crippen LogP contribution in [-0.4, -0.2) is 60.4 Å². The van der Waals surface area contributed by atoms with Crippen LogP contribution in [0.3, 0.4) is 0 Å². The molecule has 0 spiro atoms. The fourth-order valence-corrected chi connectivity index (χ4v) is 4.80. The lowest BCUT2D eigenvalue weighted by Crippen LogP contribution is -2.42. The van der Waals surface area contributed by atoms with Crippen molar-refractivity contribution >= 4 is 35.1 Å². The van der Waals surface area contributed by atoms with Crippen LogP contribution in [0.15, 0.2) is 126 Å². The van der Waals surface area contributed by atoms with E-state index in [1.54, 1.807) is 115 Å². The molecule has 0 aliphatic carbocycles. The van der Waals surface area contributed by atoms with Gasteiger partial charge in [-0.2, -0.15) is 10.4 Å². The number of nitrogens with one attached hydrogen (secondary N) is 1. The van der Waals surface area contributed by atoms with Crippen molar-refractivity contribution in [3.8, 4) is 6.07 Å². The van der Waals surface area contributed by atoms with Gasteiger partial charge in [-0.1, -0.05) is 72.8 Å². The maximum Gasteiger partial charge on any atom is 0.338 e. The minimum atomic E-state index is -1.33. The first-order valence-corrected chi connectivity index (χ1v) is 14.6. The molecule has 11 nitrogen and oxygen atoms in total. The summed E-state index contributed by atoms with van der Waals surface area (Å²) in [5.74, 6) is -2.90. The van der Waals surface area contributed by atoms with Crippen molar-refractivity contribution in [2.45, 2.75) is 30.8 Å². The van der Waals surface area contributed by atoms with Crippen LogP contribution in [0.4, 0.5) is 5.69 Å². The summed E-state index contributed by atoms with van der Waals surface area (Å²) in [5, 5.41) is 13.7. The molecule has 4 aromatic rings. The Kier molecular flexibility index (Phi) is 10.8. The van der Waals surface area contributed by atoms with E-state index in [4.69, 9.17) is 18.9 Å². The molecule has 11 heteroatoms. The van der Waals surface area contributed by atoms with Crippen molar-refractivity contribution in [1.29, 1.82) is 5.26 Å². The number of anilines is 1. The zero-order chi connectivity index (χ0) is 33.0. The van der Waals surface area contributed by atoms with E-state index in [9.17, 15) is 24.4 Å². The second kappa shape index (κ2) is 15.7. The number of nitrogens with zero attached hydrogens (tertiary/aromatic N) is 2. The maximum atomic E-state index is 13.4. The highest BCUT2D eigenvalue weighted by Crippen LogP contribution is 2.31. The summed E-state index contributed by atoms with van der Waals surface area (Å²) in [6.07, 6.45) is -5.47. The second-order valence-corrected chi connectivity index (χ2v) is 10.3. The predicted molar refractivity (Wildman–Crippen MR) is 169 cm³/mol. The third-order valence-electron chi connectivity index (χ3n) is 7.13. The van der Waals surface area contributed by atoms with Crippen molar-refractivity contribution < 1.29 is 38.1 Å². The van der Waals surface area contributed by atoms with Gasteiger partial charge in [0.05, 0.1) is 22.4 Å². The number of nitriles is 1. The number of ketones is 1. The van der Waals surface area contributed by atoms with Crippen molar-refractivity contribution in [1.82, 2.24) is 0 Å². The van der Waals surface area contributed by atoms with Gasteiger partial charge in [-0.15, -0.1) is 0 Å². The molecule has 0 saturated carbocycles. The number of benzene rings is 4.